The average molecular weight is 418 g/mol. The third kappa shape index (κ3) is 4.35. The van der Waals surface area contributed by atoms with Crippen LogP contribution in [0.4, 0.5) is 0 Å². The van der Waals surface area contributed by atoms with Gasteiger partial charge >= 0.3 is 0 Å². The molecule has 0 spiro atoms. The minimum absolute atomic E-state index is 0.256. The van der Waals surface area contributed by atoms with Crippen molar-refractivity contribution in [3.8, 4) is 5.75 Å². The van der Waals surface area contributed by atoms with Gasteiger partial charge in [0.2, 0.25) is 0 Å². The second-order valence-electron chi connectivity index (χ2n) is 5.81. The van der Waals surface area contributed by atoms with Crippen LogP contribution in [0.5, 0.6) is 5.75 Å². The van der Waals surface area contributed by atoms with Crippen molar-refractivity contribution in [2.75, 3.05) is 0 Å². The van der Waals surface area contributed by atoms with Crippen LogP contribution in [0.1, 0.15) is 34.5 Å². The molecule has 6 nitrogen and oxygen atoms in total. The van der Waals surface area contributed by atoms with Crippen LogP contribution < -0.4 is 10.1 Å². The monoisotopic (exact) mass is 417 g/mol. The zero-order chi connectivity index (χ0) is 18.5. The Kier molecular flexibility index (Phi) is 5.78. The van der Waals surface area contributed by atoms with Crippen LogP contribution in [0.25, 0.3) is 0 Å². The lowest BCUT2D eigenvalue weighted by atomic mass is 10.2. The van der Waals surface area contributed by atoms with Gasteiger partial charge in [0.25, 0.3) is 5.91 Å². The number of aryl methyl sites for hydroxylation is 2. The van der Waals surface area contributed by atoms with Crippen molar-refractivity contribution < 1.29 is 13.9 Å². The molecule has 0 unspecified atom stereocenters. The Morgan fingerprint density at radius 2 is 2.19 bits per heavy atom. The summed E-state index contributed by atoms with van der Waals surface area (Å²) >= 11 is 3.44. The topological polar surface area (TPSA) is 69.3 Å². The summed E-state index contributed by atoms with van der Waals surface area (Å²) in [5.74, 6) is 1.34. The fraction of sp³-hybridized carbons (Fsp3) is 0.263. The lowest BCUT2D eigenvalue weighted by Gasteiger charge is -2.07. The van der Waals surface area contributed by atoms with Gasteiger partial charge in [-0.15, -0.1) is 0 Å². The number of hydrogen-bond donors (Lipinski definition) is 1. The van der Waals surface area contributed by atoms with E-state index < -0.39 is 0 Å². The molecule has 3 rings (SSSR count). The molecule has 0 bridgehead atoms. The minimum Gasteiger partial charge on any atom is -0.486 e. The number of ether oxygens (including phenoxy) is 1. The average Bonchev–Trinajstić information content (AvgIpc) is 3.24. The SMILES string of the molecule is CCn1ncc(Br)c1CNC(=O)c1ccc(COc2cccc(C)c2)o1. The number of rotatable bonds is 7. The number of amides is 1. The summed E-state index contributed by atoms with van der Waals surface area (Å²) in [7, 11) is 0. The van der Waals surface area contributed by atoms with Crippen molar-refractivity contribution in [1.29, 1.82) is 0 Å². The van der Waals surface area contributed by atoms with E-state index in [0.29, 0.717) is 12.3 Å². The third-order valence-electron chi connectivity index (χ3n) is 3.87. The Hall–Kier alpha value is -2.54. The van der Waals surface area contributed by atoms with Crippen LogP contribution in [0.3, 0.4) is 0 Å². The summed E-state index contributed by atoms with van der Waals surface area (Å²) in [6, 6.07) is 11.2. The number of hydrogen-bond acceptors (Lipinski definition) is 4. The van der Waals surface area contributed by atoms with Gasteiger partial charge < -0.3 is 14.5 Å². The number of carbonyl (C=O) groups excluding carboxylic acids is 1. The molecule has 2 heterocycles. The van der Waals surface area contributed by atoms with E-state index in [1.54, 1.807) is 18.3 Å². The summed E-state index contributed by atoms with van der Waals surface area (Å²) in [5.41, 5.74) is 2.04. The van der Waals surface area contributed by atoms with Gasteiger partial charge in [-0.25, -0.2) is 0 Å². The fourth-order valence-corrected chi connectivity index (χ4v) is 2.96. The molecule has 1 aromatic carbocycles. The van der Waals surface area contributed by atoms with Gasteiger partial charge in [0.1, 0.15) is 18.1 Å². The summed E-state index contributed by atoms with van der Waals surface area (Å²) < 4.78 is 14.0. The van der Waals surface area contributed by atoms with Crippen molar-refractivity contribution in [1.82, 2.24) is 15.1 Å². The van der Waals surface area contributed by atoms with Crippen molar-refractivity contribution in [3.63, 3.8) is 0 Å². The first-order valence-corrected chi connectivity index (χ1v) is 9.12. The number of furan rings is 1. The van der Waals surface area contributed by atoms with Gasteiger partial charge in [-0.05, 0) is 59.6 Å². The van der Waals surface area contributed by atoms with Crippen LogP contribution in [0, 0.1) is 6.92 Å². The summed E-state index contributed by atoms with van der Waals surface area (Å²) in [6.45, 7) is 5.37. The second-order valence-corrected chi connectivity index (χ2v) is 6.66. The molecule has 136 valence electrons. The highest BCUT2D eigenvalue weighted by Gasteiger charge is 2.14. The maximum Gasteiger partial charge on any atom is 0.287 e. The normalized spacial score (nSPS) is 10.7. The molecular formula is C19H20BrN3O3. The molecule has 1 amide bonds. The summed E-state index contributed by atoms with van der Waals surface area (Å²) in [6.07, 6.45) is 1.72. The first-order valence-electron chi connectivity index (χ1n) is 8.33. The largest absolute Gasteiger partial charge is 0.486 e. The number of carbonyl (C=O) groups is 1. The minimum atomic E-state index is -0.275. The van der Waals surface area contributed by atoms with Crippen LogP contribution in [-0.4, -0.2) is 15.7 Å². The van der Waals surface area contributed by atoms with Gasteiger partial charge in [-0.2, -0.15) is 5.10 Å². The maximum atomic E-state index is 12.3. The second kappa shape index (κ2) is 8.23. The highest BCUT2D eigenvalue weighted by Crippen LogP contribution is 2.17. The zero-order valence-corrected chi connectivity index (χ0v) is 16.2. The van der Waals surface area contributed by atoms with E-state index in [2.05, 4.69) is 26.3 Å². The van der Waals surface area contributed by atoms with Crippen molar-refractivity contribution in [2.24, 2.45) is 0 Å². The summed E-state index contributed by atoms with van der Waals surface area (Å²) in [4.78, 5) is 12.3. The fourth-order valence-electron chi connectivity index (χ4n) is 2.52. The molecule has 0 aliphatic rings. The smallest absolute Gasteiger partial charge is 0.287 e. The Morgan fingerprint density at radius 3 is 2.96 bits per heavy atom. The Morgan fingerprint density at radius 1 is 1.35 bits per heavy atom. The highest BCUT2D eigenvalue weighted by atomic mass is 79.9. The first kappa shape index (κ1) is 18.3. The van der Waals surface area contributed by atoms with E-state index in [9.17, 15) is 4.79 Å². The molecule has 0 aliphatic carbocycles. The lowest BCUT2D eigenvalue weighted by Crippen LogP contribution is -2.24. The molecule has 7 heteroatoms. The van der Waals surface area contributed by atoms with Gasteiger partial charge in [0.05, 0.1) is 22.9 Å². The van der Waals surface area contributed by atoms with E-state index in [1.807, 2.05) is 42.8 Å². The van der Waals surface area contributed by atoms with E-state index in [4.69, 9.17) is 9.15 Å². The molecule has 0 atom stereocenters. The molecule has 0 saturated heterocycles. The molecule has 3 aromatic rings. The van der Waals surface area contributed by atoms with Gasteiger partial charge in [-0.1, -0.05) is 12.1 Å². The Balaban J connectivity index is 1.56. The van der Waals surface area contributed by atoms with Gasteiger partial charge in [-0.3, -0.25) is 9.48 Å². The molecule has 2 aromatic heterocycles. The van der Waals surface area contributed by atoms with Gasteiger partial charge in [0.15, 0.2) is 5.76 Å². The molecule has 0 radical (unpaired) electrons. The molecule has 0 aliphatic heterocycles. The molecule has 1 N–H and O–H groups in total. The predicted octanol–water partition coefficient (Wildman–Crippen LogP) is 4.08. The van der Waals surface area contributed by atoms with Crippen LogP contribution in [-0.2, 0) is 19.7 Å². The van der Waals surface area contributed by atoms with E-state index >= 15 is 0 Å². The van der Waals surface area contributed by atoms with E-state index in [1.165, 1.54) is 0 Å². The highest BCUT2D eigenvalue weighted by molar-refractivity contribution is 9.10. The molecule has 0 saturated carbocycles. The Bertz CT molecular complexity index is 901. The Labute approximate surface area is 160 Å². The van der Waals surface area contributed by atoms with Crippen LogP contribution in [0.2, 0.25) is 0 Å². The number of halogens is 1. The maximum absolute atomic E-state index is 12.3. The molecule has 0 fully saturated rings. The van der Waals surface area contributed by atoms with Crippen molar-refractivity contribution >= 4 is 21.8 Å². The predicted molar refractivity (Wildman–Crippen MR) is 101 cm³/mol. The zero-order valence-electron chi connectivity index (χ0n) is 14.7. The standard InChI is InChI=1S/C19H20BrN3O3/c1-3-23-17(16(20)10-22-23)11-21-19(24)18-8-7-15(26-18)12-25-14-6-4-5-13(2)9-14/h4-10H,3,11-12H2,1-2H3,(H,21,24). The molecular weight excluding hydrogens is 398 g/mol. The van der Waals surface area contributed by atoms with Gasteiger partial charge in [0, 0.05) is 6.54 Å². The number of nitrogens with one attached hydrogen (secondary N) is 1. The lowest BCUT2D eigenvalue weighted by molar-refractivity contribution is 0.0918. The van der Waals surface area contributed by atoms with Crippen LogP contribution in [0.15, 0.2) is 51.5 Å². The number of benzene rings is 1. The van der Waals surface area contributed by atoms with E-state index in [-0.39, 0.29) is 18.3 Å². The van der Waals surface area contributed by atoms with Crippen LogP contribution >= 0.6 is 15.9 Å². The van der Waals surface area contributed by atoms with Crippen molar-refractivity contribution in [3.05, 3.63) is 69.8 Å². The third-order valence-corrected chi connectivity index (χ3v) is 4.53. The summed E-state index contributed by atoms with van der Waals surface area (Å²) in [5, 5.41) is 7.07. The first-order chi connectivity index (χ1) is 12.6. The number of aromatic nitrogens is 2. The molecule has 26 heavy (non-hydrogen) atoms. The number of nitrogens with zero attached hydrogens (tertiary/aromatic N) is 2. The van der Waals surface area contributed by atoms with Crippen molar-refractivity contribution in [2.45, 2.75) is 33.5 Å². The quantitative estimate of drug-likeness (QED) is 0.628. The van der Waals surface area contributed by atoms with E-state index in [0.717, 1.165) is 28.0 Å².